The van der Waals surface area contributed by atoms with Crippen LogP contribution in [0.1, 0.15) is 44.0 Å². The first-order valence-electron chi connectivity index (χ1n) is 8.35. The van der Waals surface area contributed by atoms with Crippen molar-refractivity contribution in [3.05, 3.63) is 33.8 Å². The Labute approximate surface area is 166 Å². The zero-order valence-corrected chi connectivity index (χ0v) is 16.8. The maximum absolute atomic E-state index is 12.1. The summed E-state index contributed by atoms with van der Waals surface area (Å²) in [6, 6.07) is 3.77. The zero-order chi connectivity index (χ0) is 21.0. The van der Waals surface area contributed by atoms with Gasteiger partial charge in [-0.3, -0.25) is 4.79 Å². The molecule has 0 aromatic heterocycles. The third kappa shape index (κ3) is 10.9. The Balaban J connectivity index is 0.00000326. The standard InChI is InChI=1S/C15H17Cl2F3N2O3.C2H6/c1-2-3-10(22-14(24)25-8-15(18,19)20)7-21-13(23)11-5-4-9(16)6-12(11)17;1-2/h4-6,10H,2-3,7-8H2,1H3,(H,21,23)(H,22,24);1-2H3/t10-;/m0./s1. The first-order chi connectivity index (χ1) is 12.6. The number of alkyl halides is 3. The van der Waals surface area contributed by atoms with Crippen molar-refractivity contribution in [1.29, 1.82) is 0 Å². The number of ether oxygens (including phenoxy) is 1. The number of amides is 2. The molecule has 0 radical (unpaired) electrons. The molecule has 0 aliphatic rings. The largest absolute Gasteiger partial charge is 0.440 e. The summed E-state index contributed by atoms with van der Waals surface area (Å²) in [6.45, 7) is 4.16. The molecule has 0 spiro atoms. The van der Waals surface area contributed by atoms with Crippen LogP contribution < -0.4 is 10.6 Å². The highest BCUT2D eigenvalue weighted by molar-refractivity contribution is 6.36. The van der Waals surface area contributed by atoms with Gasteiger partial charge in [0.25, 0.3) is 5.91 Å². The number of carbonyl (C=O) groups excluding carboxylic acids is 2. The van der Waals surface area contributed by atoms with Crippen molar-refractivity contribution in [3.8, 4) is 0 Å². The molecule has 1 aromatic carbocycles. The number of nitrogens with one attached hydrogen (secondary N) is 2. The summed E-state index contributed by atoms with van der Waals surface area (Å²) >= 11 is 11.7. The molecule has 27 heavy (non-hydrogen) atoms. The van der Waals surface area contributed by atoms with E-state index in [4.69, 9.17) is 23.2 Å². The molecule has 0 fully saturated rings. The summed E-state index contributed by atoms with van der Waals surface area (Å²) in [6.07, 6.45) is -4.72. The number of carbonyl (C=O) groups is 2. The fourth-order valence-electron chi connectivity index (χ4n) is 1.91. The summed E-state index contributed by atoms with van der Waals surface area (Å²) < 4.78 is 40.2. The minimum atomic E-state index is -4.60. The number of hydrogen-bond donors (Lipinski definition) is 2. The quantitative estimate of drug-likeness (QED) is 0.623. The van der Waals surface area contributed by atoms with E-state index >= 15 is 0 Å². The lowest BCUT2D eigenvalue weighted by Gasteiger charge is -2.19. The van der Waals surface area contributed by atoms with Crippen molar-refractivity contribution in [1.82, 2.24) is 10.6 Å². The van der Waals surface area contributed by atoms with Crippen molar-refractivity contribution >= 4 is 35.2 Å². The summed E-state index contributed by atoms with van der Waals surface area (Å²) in [5.74, 6) is -0.492. The van der Waals surface area contributed by atoms with Crippen molar-refractivity contribution in [2.75, 3.05) is 13.2 Å². The number of alkyl carbamates (subject to hydrolysis) is 1. The van der Waals surface area contributed by atoms with E-state index in [0.717, 1.165) is 0 Å². The van der Waals surface area contributed by atoms with Crippen molar-refractivity contribution in [3.63, 3.8) is 0 Å². The topological polar surface area (TPSA) is 67.4 Å². The highest BCUT2D eigenvalue weighted by Crippen LogP contribution is 2.20. The minimum Gasteiger partial charge on any atom is -0.440 e. The Hall–Kier alpha value is -1.67. The van der Waals surface area contributed by atoms with Gasteiger partial charge in [-0.25, -0.2) is 4.79 Å². The molecular weight excluding hydrogens is 408 g/mol. The SMILES string of the molecule is CC.CCC[C@@H](CNC(=O)c1ccc(Cl)cc1Cl)NC(=O)OCC(F)(F)F. The van der Waals surface area contributed by atoms with Crippen LogP contribution in [0.3, 0.4) is 0 Å². The van der Waals surface area contributed by atoms with Gasteiger partial charge in [0.15, 0.2) is 6.61 Å². The second kappa shape index (κ2) is 12.7. The molecule has 154 valence electrons. The second-order valence-corrected chi connectivity index (χ2v) is 6.00. The molecule has 10 heteroatoms. The number of halogens is 5. The van der Waals surface area contributed by atoms with E-state index in [1.807, 2.05) is 20.8 Å². The molecule has 1 aromatic rings. The van der Waals surface area contributed by atoms with Gasteiger partial charge in [0.05, 0.1) is 10.6 Å². The predicted octanol–water partition coefficient (Wildman–Crippen LogP) is 5.21. The zero-order valence-electron chi connectivity index (χ0n) is 15.3. The lowest BCUT2D eigenvalue weighted by Crippen LogP contribution is -2.44. The maximum Gasteiger partial charge on any atom is 0.422 e. The second-order valence-electron chi connectivity index (χ2n) is 5.16. The van der Waals surface area contributed by atoms with Crippen LogP contribution >= 0.6 is 23.2 Å². The first kappa shape index (κ1) is 25.3. The molecule has 5 nitrogen and oxygen atoms in total. The van der Waals surface area contributed by atoms with Crippen LogP contribution in [0, 0.1) is 0 Å². The number of hydrogen-bond acceptors (Lipinski definition) is 3. The van der Waals surface area contributed by atoms with Crippen LogP contribution in [0.25, 0.3) is 0 Å². The average molecular weight is 431 g/mol. The van der Waals surface area contributed by atoms with Gasteiger partial charge in [-0.15, -0.1) is 0 Å². The normalized spacial score (nSPS) is 11.7. The van der Waals surface area contributed by atoms with E-state index < -0.39 is 30.8 Å². The van der Waals surface area contributed by atoms with Gasteiger partial charge in [0.2, 0.25) is 0 Å². The van der Waals surface area contributed by atoms with Gasteiger partial charge < -0.3 is 15.4 Å². The molecule has 0 saturated heterocycles. The van der Waals surface area contributed by atoms with Gasteiger partial charge >= 0.3 is 12.3 Å². The number of rotatable bonds is 7. The monoisotopic (exact) mass is 430 g/mol. The lowest BCUT2D eigenvalue weighted by molar-refractivity contribution is -0.160. The molecule has 2 N–H and O–H groups in total. The highest BCUT2D eigenvalue weighted by Gasteiger charge is 2.30. The molecule has 2 amide bonds. The van der Waals surface area contributed by atoms with Crippen molar-refractivity contribution in [2.45, 2.75) is 45.8 Å². The van der Waals surface area contributed by atoms with Gasteiger partial charge in [-0.2, -0.15) is 13.2 Å². The van der Waals surface area contributed by atoms with Gasteiger partial charge in [-0.05, 0) is 24.6 Å². The van der Waals surface area contributed by atoms with Crippen LogP contribution in [0.2, 0.25) is 10.0 Å². The van der Waals surface area contributed by atoms with E-state index in [9.17, 15) is 22.8 Å². The average Bonchev–Trinajstić information content (AvgIpc) is 2.59. The minimum absolute atomic E-state index is 0.00669. The Morgan fingerprint density at radius 3 is 2.37 bits per heavy atom. The summed E-state index contributed by atoms with van der Waals surface area (Å²) in [5.41, 5.74) is 0.195. The van der Waals surface area contributed by atoms with Crippen molar-refractivity contribution < 1.29 is 27.5 Å². The smallest absolute Gasteiger partial charge is 0.422 e. The lowest BCUT2D eigenvalue weighted by atomic mass is 10.1. The first-order valence-corrected chi connectivity index (χ1v) is 9.11. The number of benzene rings is 1. The fraction of sp³-hybridized carbons (Fsp3) is 0.529. The summed E-state index contributed by atoms with van der Waals surface area (Å²) in [4.78, 5) is 23.5. The van der Waals surface area contributed by atoms with E-state index in [-0.39, 0.29) is 17.1 Å². The van der Waals surface area contributed by atoms with Gasteiger partial charge in [0.1, 0.15) is 0 Å². The summed E-state index contributed by atoms with van der Waals surface area (Å²) in [5, 5.41) is 5.39. The van der Waals surface area contributed by atoms with Crippen LogP contribution in [0.15, 0.2) is 18.2 Å². The molecular formula is C17H23Cl2F3N2O3. The van der Waals surface area contributed by atoms with E-state index in [0.29, 0.717) is 17.9 Å². The van der Waals surface area contributed by atoms with Crippen LogP contribution in [-0.2, 0) is 4.74 Å². The molecule has 0 bridgehead atoms. The summed E-state index contributed by atoms with van der Waals surface area (Å²) in [7, 11) is 0. The predicted molar refractivity (Wildman–Crippen MR) is 99.4 cm³/mol. The van der Waals surface area contributed by atoms with Gasteiger partial charge in [-0.1, -0.05) is 50.4 Å². The van der Waals surface area contributed by atoms with E-state index in [1.165, 1.54) is 18.2 Å². The molecule has 0 unspecified atom stereocenters. The third-order valence-corrected chi connectivity index (χ3v) is 3.56. The molecule has 0 saturated carbocycles. The maximum atomic E-state index is 12.1. The van der Waals surface area contributed by atoms with E-state index in [2.05, 4.69) is 15.4 Å². The third-order valence-electron chi connectivity index (χ3n) is 3.01. The molecule has 1 rings (SSSR count). The van der Waals surface area contributed by atoms with Crippen molar-refractivity contribution in [2.24, 2.45) is 0 Å². The molecule has 1 atom stereocenters. The van der Waals surface area contributed by atoms with Gasteiger partial charge in [0, 0.05) is 17.6 Å². The van der Waals surface area contributed by atoms with E-state index in [1.54, 1.807) is 0 Å². The fourth-order valence-corrected chi connectivity index (χ4v) is 2.41. The Morgan fingerprint density at radius 1 is 1.22 bits per heavy atom. The van der Waals surface area contributed by atoms with Crippen LogP contribution in [0.5, 0.6) is 0 Å². The molecule has 0 aliphatic carbocycles. The highest BCUT2D eigenvalue weighted by atomic mass is 35.5. The Morgan fingerprint density at radius 2 is 1.85 bits per heavy atom. The Kier molecular flexibility index (Phi) is 11.9. The Bertz CT molecular complexity index is 614. The van der Waals surface area contributed by atoms with Crippen LogP contribution in [-0.4, -0.2) is 37.4 Å². The van der Waals surface area contributed by atoms with Crippen LogP contribution in [0.4, 0.5) is 18.0 Å². The molecule has 0 aliphatic heterocycles. The molecule has 0 heterocycles.